The van der Waals surface area contributed by atoms with Crippen molar-refractivity contribution in [2.24, 2.45) is 5.92 Å². The average molecular weight is 360 g/mol. The molecule has 0 aromatic carbocycles. The van der Waals surface area contributed by atoms with Crippen LogP contribution in [0.2, 0.25) is 0 Å². The van der Waals surface area contributed by atoms with E-state index in [-0.39, 0.29) is 0 Å². The summed E-state index contributed by atoms with van der Waals surface area (Å²) in [4.78, 5) is 0. The molecule has 10 heavy (non-hydrogen) atoms. The van der Waals surface area contributed by atoms with Gasteiger partial charge in [-0.05, 0) is 31.6 Å². The molecule has 0 nitrogen and oxygen atoms in total. The van der Waals surface area contributed by atoms with Crippen molar-refractivity contribution in [2.45, 2.75) is 25.7 Å². The normalized spacial score (nSPS) is 27.8. The third-order valence-electron chi connectivity index (χ3n) is 2.16. The quantitative estimate of drug-likeness (QED) is 0.581. The van der Waals surface area contributed by atoms with Gasteiger partial charge in [-0.3, -0.25) is 0 Å². The molecule has 3 heteroatoms. The van der Waals surface area contributed by atoms with Crippen molar-refractivity contribution in [1.82, 2.24) is 0 Å². The number of allylic oxidation sites excluding steroid dienone is 2. The van der Waals surface area contributed by atoms with Crippen molar-refractivity contribution in [1.29, 1.82) is 0 Å². The number of rotatable bonds is 0. The van der Waals surface area contributed by atoms with E-state index in [1.54, 1.807) is 5.57 Å². The van der Waals surface area contributed by atoms with E-state index in [1.165, 1.54) is 25.7 Å². The Kier molecular flexibility index (Phi) is 4.37. The first kappa shape index (κ1) is 9.10. The van der Waals surface area contributed by atoms with Crippen molar-refractivity contribution in [3.8, 4) is 0 Å². The predicted octanol–water partition coefficient (Wildman–Crippen LogP) is 3.49. The van der Waals surface area contributed by atoms with Gasteiger partial charge in [-0.1, -0.05) is 11.6 Å². The van der Waals surface area contributed by atoms with Gasteiger partial charge in [-0.25, -0.2) is 0 Å². The zero-order valence-corrected chi connectivity index (χ0v) is 9.34. The second-order valence-corrected chi connectivity index (χ2v) is 6.03. The van der Waals surface area contributed by atoms with Crippen molar-refractivity contribution < 1.29 is 16.5 Å². The van der Waals surface area contributed by atoms with Crippen molar-refractivity contribution in [3.05, 3.63) is 11.6 Å². The molecule has 1 atom stereocenters. The van der Waals surface area contributed by atoms with E-state index in [0.29, 0.717) is 0 Å². The van der Waals surface area contributed by atoms with Crippen LogP contribution in [0.3, 0.4) is 0 Å². The molecule has 62 valence electrons. The van der Waals surface area contributed by atoms with E-state index in [2.05, 4.69) is 6.08 Å². The molecule has 1 fully saturated rings. The summed E-state index contributed by atoms with van der Waals surface area (Å²) in [6, 6.07) is 0. The Hall–Kier alpha value is 1.01. The summed E-state index contributed by atoms with van der Waals surface area (Å²) in [5, 5.41) is 0. The van der Waals surface area contributed by atoms with E-state index in [4.69, 9.17) is 18.8 Å². The molecule has 0 radical (unpaired) electrons. The summed E-state index contributed by atoms with van der Waals surface area (Å²) in [5.74, 6) is 1.08. The first-order valence-electron chi connectivity index (χ1n) is 3.37. The van der Waals surface area contributed by atoms with Gasteiger partial charge >= 0.3 is 35.3 Å². The van der Waals surface area contributed by atoms with Crippen LogP contribution in [0.15, 0.2) is 11.6 Å². The number of hydrogen-bond donors (Lipinski definition) is 0. The molecule has 0 aromatic rings. The van der Waals surface area contributed by atoms with Crippen LogP contribution in [0.1, 0.15) is 25.7 Å². The first-order valence-corrected chi connectivity index (χ1v) is 9.00. The average Bonchev–Trinajstić information content (AvgIpc) is 2.49. The molecule has 2 aliphatic rings. The van der Waals surface area contributed by atoms with Gasteiger partial charge in [0.15, 0.2) is 0 Å². The Bertz CT molecular complexity index is 134. The Balaban J connectivity index is 0.000000148. The number of fused-ring (bicyclic) bond motifs is 2. The third kappa shape index (κ3) is 2.56. The predicted molar refractivity (Wildman–Crippen MR) is 41.7 cm³/mol. The fourth-order valence-electron chi connectivity index (χ4n) is 1.68. The Labute approximate surface area is 78.4 Å². The molecule has 0 amide bonds. The van der Waals surface area contributed by atoms with Crippen LogP contribution >= 0.6 is 18.8 Å². The van der Waals surface area contributed by atoms with Gasteiger partial charge in [-0.2, -0.15) is 0 Å². The van der Waals surface area contributed by atoms with Gasteiger partial charge in [0.25, 0.3) is 0 Å². The van der Waals surface area contributed by atoms with Gasteiger partial charge < -0.3 is 0 Å². The van der Waals surface area contributed by atoms with E-state index in [1.807, 2.05) is 0 Å². The molecule has 0 aliphatic heterocycles. The summed E-state index contributed by atoms with van der Waals surface area (Å²) in [6.07, 6.45) is 8.18. The monoisotopic (exact) mass is 359 g/mol. The zero-order valence-electron chi connectivity index (χ0n) is 5.56. The van der Waals surface area contributed by atoms with Gasteiger partial charge in [0.1, 0.15) is 0 Å². The van der Waals surface area contributed by atoms with Crippen LogP contribution in [0.4, 0.5) is 0 Å². The maximum absolute atomic E-state index is 4.88. The molecular formula is C7H10Cl2Pt. The molecule has 0 spiro atoms. The summed E-state index contributed by atoms with van der Waals surface area (Å²) >= 11 is -0.472. The summed E-state index contributed by atoms with van der Waals surface area (Å²) in [5.41, 5.74) is 1.74. The molecule has 0 aromatic heterocycles. The summed E-state index contributed by atoms with van der Waals surface area (Å²) in [7, 11) is 9.75. The standard InChI is InChI=1S/C7H10.2ClH.Pt/c1-2-7-4-3-6(1)5-7;;;/h1,7H,2-5H2;2*1H;/q;;;+2/p-2. The first-order chi connectivity index (χ1) is 4.86. The zero-order chi connectivity index (χ0) is 7.40. The van der Waals surface area contributed by atoms with Crippen LogP contribution in [0.5, 0.6) is 0 Å². The van der Waals surface area contributed by atoms with Gasteiger partial charge in [0.2, 0.25) is 0 Å². The Morgan fingerprint density at radius 3 is 2.30 bits per heavy atom. The van der Waals surface area contributed by atoms with Crippen molar-refractivity contribution >= 4 is 18.8 Å². The van der Waals surface area contributed by atoms with Gasteiger partial charge in [-0.15, -0.1) is 0 Å². The topological polar surface area (TPSA) is 0 Å². The number of halogens is 2. The van der Waals surface area contributed by atoms with E-state index >= 15 is 0 Å². The molecule has 1 unspecified atom stereocenters. The fraction of sp³-hybridized carbons (Fsp3) is 0.714. The maximum atomic E-state index is 4.88. The van der Waals surface area contributed by atoms with Crippen LogP contribution in [-0.2, 0) is 16.5 Å². The fourth-order valence-corrected chi connectivity index (χ4v) is 1.68. The molecule has 2 aliphatic carbocycles. The Morgan fingerprint density at radius 1 is 1.50 bits per heavy atom. The van der Waals surface area contributed by atoms with Crippen molar-refractivity contribution in [2.75, 3.05) is 0 Å². The third-order valence-corrected chi connectivity index (χ3v) is 2.16. The molecule has 0 saturated heterocycles. The molecule has 0 N–H and O–H groups in total. The molecule has 2 bridgehead atoms. The minimum atomic E-state index is -0.472. The molecular weight excluding hydrogens is 350 g/mol. The van der Waals surface area contributed by atoms with Crippen LogP contribution in [0.25, 0.3) is 0 Å². The summed E-state index contributed by atoms with van der Waals surface area (Å²) < 4.78 is 0. The SMILES string of the molecule is C1=C2CCC(C1)C2.[Cl][Pt][Cl]. The second-order valence-electron chi connectivity index (χ2n) is 2.75. The van der Waals surface area contributed by atoms with Crippen LogP contribution in [-0.4, -0.2) is 0 Å². The number of hydrogen-bond acceptors (Lipinski definition) is 0. The van der Waals surface area contributed by atoms with E-state index in [9.17, 15) is 0 Å². The van der Waals surface area contributed by atoms with E-state index < -0.39 is 16.5 Å². The second kappa shape index (κ2) is 4.80. The molecule has 0 heterocycles. The molecule has 2 rings (SSSR count). The van der Waals surface area contributed by atoms with Crippen LogP contribution < -0.4 is 0 Å². The minimum absolute atomic E-state index is 0.472. The summed E-state index contributed by atoms with van der Waals surface area (Å²) in [6.45, 7) is 0. The van der Waals surface area contributed by atoms with Gasteiger partial charge in [0, 0.05) is 0 Å². The Morgan fingerprint density at radius 2 is 2.20 bits per heavy atom. The molecule has 1 saturated carbocycles. The van der Waals surface area contributed by atoms with E-state index in [0.717, 1.165) is 5.92 Å². The van der Waals surface area contributed by atoms with Gasteiger partial charge in [0.05, 0.1) is 0 Å². The van der Waals surface area contributed by atoms with Crippen LogP contribution in [0, 0.1) is 5.92 Å². The van der Waals surface area contributed by atoms with Crippen molar-refractivity contribution in [3.63, 3.8) is 0 Å².